The normalized spacial score (nSPS) is 10.3. The zero-order chi connectivity index (χ0) is 11.7. The van der Waals surface area contributed by atoms with Crippen LogP contribution >= 0.6 is 0 Å². The summed E-state index contributed by atoms with van der Waals surface area (Å²) in [6.07, 6.45) is 3.34. The number of ether oxygens (including phenoxy) is 1. The molecule has 3 rings (SSSR count). The third-order valence-electron chi connectivity index (χ3n) is 2.56. The molecule has 0 aliphatic carbocycles. The maximum absolute atomic E-state index is 8.48. The molecule has 17 heavy (non-hydrogen) atoms. The highest BCUT2D eigenvalue weighted by atomic mass is 16.5. The Morgan fingerprint density at radius 2 is 1.76 bits per heavy atom. The average Bonchev–Trinajstić information content (AvgIpc) is 2.39. The van der Waals surface area contributed by atoms with Gasteiger partial charge in [-0.15, -0.1) is 5.26 Å². The summed E-state index contributed by atoms with van der Waals surface area (Å²) < 4.78 is 4.73. The quantitative estimate of drug-likeness (QED) is 0.468. The minimum absolute atomic E-state index is 0.290. The van der Waals surface area contributed by atoms with E-state index in [0.717, 1.165) is 21.8 Å². The van der Waals surface area contributed by atoms with Gasteiger partial charge >= 0.3 is 0 Å². The lowest BCUT2D eigenvalue weighted by Crippen LogP contribution is -1.89. The molecule has 1 aromatic carbocycles. The van der Waals surface area contributed by atoms with Crippen LogP contribution in [-0.2, 0) is 0 Å². The fourth-order valence-corrected chi connectivity index (χ4v) is 1.81. The maximum atomic E-state index is 8.48. The second-order valence-electron chi connectivity index (χ2n) is 3.56. The van der Waals surface area contributed by atoms with E-state index in [1.165, 1.54) is 0 Å². The standard InChI is InChI=1S/C13H7N3O/c14-8-17-11-6-5-10-4-3-9-2-1-7-15-12(9)13(10)16-11/h1-7H. The smallest absolute Gasteiger partial charge is 0.293 e. The number of hydrogen-bond acceptors (Lipinski definition) is 4. The van der Waals surface area contributed by atoms with Crippen molar-refractivity contribution in [2.24, 2.45) is 0 Å². The van der Waals surface area contributed by atoms with Gasteiger partial charge in [0.25, 0.3) is 6.26 Å². The molecule has 0 spiro atoms. The minimum Gasteiger partial charge on any atom is -0.367 e. The van der Waals surface area contributed by atoms with Crippen LogP contribution in [0.4, 0.5) is 0 Å². The Kier molecular flexibility index (Phi) is 2.09. The van der Waals surface area contributed by atoms with Gasteiger partial charge in [-0.3, -0.25) is 4.98 Å². The molecule has 0 unspecified atom stereocenters. The van der Waals surface area contributed by atoms with Crippen LogP contribution in [0, 0.1) is 11.5 Å². The SMILES string of the molecule is N#COc1ccc2ccc3cccnc3c2n1. The number of fused-ring (bicyclic) bond motifs is 3. The van der Waals surface area contributed by atoms with Crippen LogP contribution in [-0.4, -0.2) is 9.97 Å². The first-order valence-corrected chi connectivity index (χ1v) is 5.09. The van der Waals surface area contributed by atoms with Gasteiger partial charge in [-0.2, -0.15) is 0 Å². The maximum Gasteiger partial charge on any atom is 0.293 e. The largest absolute Gasteiger partial charge is 0.367 e. The molecular weight excluding hydrogens is 214 g/mol. The number of pyridine rings is 2. The van der Waals surface area contributed by atoms with Crippen molar-refractivity contribution in [1.82, 2.24) is 9.97 Å². The van der Waals surface area contributed by atoms with Gasteiger partial charge in [0.15, 0.2) is 0 Å². The van der Waals surface area contributed by atoms with Gasteiger partial charge < -0.3 is 4.74 Å². The molecule has 0 N–H and O–H groups in total. The third-order valence-corrected chi connectivity index (χ3v) is 2.56. The fraction of sp³-hybridized carbons (Fsp3) is 0. The zero-order valence-electron chi connectivity index (χ0n) is 8.79. The van der Waals surface area contributed by atoms with E-state index < -0.39 is 0 Å². The van der Waals surface area contributed by atoms with E-state index in [1.807, 2.05) is 30.3 Å². The molecule has 4 nitrogen and oxygen atoms in total. The molecule has 0 aliphatic heterocycles. The molecule has 0 aliphatic rings. The first-order chi connectivity index (χ1) is 8.38. The Labute approximate surface area is 97.1 Å². The molecule has 4 heteroatoms. The lowest BCUT2D eigenvalue weighted by molar-refractivity contribution is 0.488. The number of hydrogen-bond donors (Lipinski definition) is 0. The summed E-state index contributed by atoms with van der Waals surface area (Å²) >= 11 is 0. The Hall–Kier alpha value is -2.67. The van der Waals surface area contributed by atoms with Crippen molar-refractivity contribution in [3.8, 4) is 12.1 Å². The first kappa shape index (κ1) is 9.55. The van der Waals surface area contributed by atoms with Crippen molar-refractivity contribution in [3.05, 3.63) is 42.6 Å². The van der Waals surface area contributed by atoms with Crippen molar-refractivity contribution in [2.45, 2.75) is 0 Å². The monoisotopic (exact) mass is 221 g/mol. The Balaban J connectivity index is 2.39. The van der Waals surface area contributed by atoms with Crippen molar-refractivity contribution in [2.75, 3.05) is 0 Å². The summed E-state index contributed by atoms with van der Waals surface area (Å²) in [5, 5.41) is 10.5. The summed E-state index contributed by atoms with van der Waals surface area (Å²) in [6.45, 7) is 0. The van der Waals surface area contributed by atoms with E-state index in [2.05, 4.69) is 9.97 Å². The highest BCUT2D eigenvalue weighted by molar-refractivity contribution is 6.02. The summed E-state index contributed by atoms with van der Waals surface area (Å²) in [6, 6.07) is 11.4. The van der Waals surface area contributed by atoms with E-state index in [-0.39, 0.29) is 5.88 Å². The van der Waals surface area contributed by atoms with Crippen LogP contribution < -0.4 is 4.74 Å². The summed E-state index contributed by atoms with van der Waals surface area (Å²) in [4.78, 5) is 8.60. The molecule has 0 atom stereocenters. The molecule has 0 bridgehead atoms. The van der Waals surface area contributed by atoms with Crippen LogP contribution in [0.2, 0.25) is 0 Å². The van der Waals surface area contributed by atoms with Crippen LogP contribution in [0.25, 0.3) is 21.8 Å². The highest BCUT2D eigenvalue weighted by Crippen LogP contribution is 2.23. The van der Waals surface area contributed by atoms with Gasteiger partial charge in [0, 0.05) is 23.0 Å². The molecule has 2 aromatic heterocycles. The van der Waals surface area contributed by atoms with Crippen molar-refractivity contribution < 1.29 is 4.74 Å². The molecule has 3 aromatic rings. The minimum atomic E-state index is 0.290. The van der Waals surface area contributed by atoms with Crippen LogP contribution in [0.15, 0.2) is 42.6 Å². The second-order valence-corrected chi connectivity index (χ2v) is 3.56. The van der Waals surface area contributed by atoms with Crippen molar-refractivity contribution in [3.63, 3.8) is 0 Å². The molecule has 0 saturated heterocycles. The lowest BCUT2D eigenvalue weighted by atomic mass is 10.1. The topological polar surface area (TPSA) is 58.8 Å². The van der Waals surface area contributed by atoms with E-state index in [4.69, 9.17) is 10.00 Å². The Bertz CT molecular complexity index is 746. The van der Waals surface area contributed by atoms with Gasteiger partial charge in [0.2, 0.25) is 5.88 Å². The molecule has 0 saturated carbocycles. The highest BCUT2D eigenvalue weighted by Gasteiger charge is 2.04. The first-order valence-electron chi connectivity index (χ1n) is 5.09. The molecule has 0 fully saturated rings. The third kappa shape index (κ3) is 1.54. The molecule has 80 valence electrons. The van der Waals surface area contributed by atoms with Gasteiger partial charge in [0.1, 0.15) is 5.52 Å². The van der Waals surface area contributed by atoms with Gasteiger partial charge in [-0.1, -0.05) is 18.2 Å². The zero-order valence-corrected chi connectivity index (χ0v) is 8.79. The predicted octanol–water partition coefficient (Wildman–Crippen LogP) is 2.64. The Morgan fingerprint density at radius 1 is 1.00 bits per heavy atom. The van der Waals surface area contributed by atoms with E-state index in [0.29, 0.717) is 0 Å². The molecule has 0 radical (unpaired) electrons. The number of nitriles is 1. The van der Waals surface area contributed by atoms with Gasteiger partial charge in [-0.25, -0.2) is 4.98 Å². The van der Waals surface area contributed by atoms with Crippen LogP contribution in [0.3, 0.4) is 0 Å². The predicted molar refractivity (Wildman–Crippen MR) is 63.3 cm³/mol. The van der Waals surface area contributed by atoms with E-state index in [9.17, 15) is 0 Å². The average molecular weight is 221 g/mol. The van der Waals surface area contributed by atoms with Crippen LogP contribution in [0.1, 0.15) is 0 Å². The lowest BCUT2D eigenvalue weighted by Gasteiger charge is -2.02. The Morgan fingerprint density at radius 3 is 2.59 bits per heavy atom. The number of rotatable bonds is 1. The summed E-state index contributed by atoms with van der Waals surface area (Å²) in [5.41, 5.74) is 1.56. The fourth-order valence-electron chi connectivity index (χ4n) is 1.81. The number of aromatic nitrogens is 2. The van der Waals surface area contributed by atoms with Crippen molar-refractivity contribution >= 4 is 21.8 Å². The van der Waals surface area contributed by atoms with Gasteiger partial charge in [0.05, 0.1) is 5.52 Å². The second kappa shape index (κ2) is 3.72. The number of nitrogens with zero attached hydrogens (tertiary/aromatic N) is 3. The number of benzene rings is 1. The molecule has 0 amide bonds. The summed E-state index contributed by atoms with van der Waals surface area (Å²) in [7, 11) is 0. The van der Waals surface area contributed by atoms with E-state index >= 15 is 0 Å². The van der Waals surface area contributed by atoms with E-state index in [1.54, 1.807) is 18.5 Å². The van der Waals surface area contributed by atoms with Crippen LogP contribution in [0.5, 0.6) is 5.88 Å². The van der Waals surface area contributed by atoms with Crippen molar-refractivity contribution in [1.29, 1.82) is 5.26 Å². The summed E-state index contributed by atoms with van der Waals surface area (Å²) in [5.74, 6) is 0.290. The molecular formula is C13H7N3O. The molecule has 2 heterocycles. The van der Waals surface area contributed by atoms with Gasteiger partial charge in [-0.05, 0) is 12.1 Å².